The first-order valence-corrected chi connectivity index (χ1v) is 12.4. The van der Waals surface area contributed by atoms with Crippen LogP contribution in [-0.4, -0.2) is 31.3 Å². The molecule has 1 aliphatic rings. The third-order valence-corrected chi connectivity index (χ3v) is 6.28. The van der Waals surface area contributed by atoms with Gasteiger partial charge in [0.1, 0.15) is 34.8 Å². The lowest BCUT2D eigenvalue weighted by atomic mass is 9.94. The van der Waals surface area contributed by atoms with Gasteiger partial charge in [0.05, 0.1) is 12.7 Å². The first-order valence-electron chi connectivity index (χ1n) is 12.4. The van der Waals surface area contributed by atoms with Gasteiger partial charge < -0.3 is 24.3 Å². The highest BCUT2D eigenvalue weighted by Gasteiger charge is 2.21. The zero-order valence-electron chi connectivity index (χ0n) is 22.0. The van der Waals surface area contributed by atoms with Crippen molar-refractivity contribution in [1.29, 1.82) is 5.26 Å². The number of aromatic nitrogens is 1. The van der Waals surface area contributed by atoms with Gasteiger partial charge >= 0.3 is 0 Å². The molecular weight excluding hydrogens is 532 g/mol. The highest BCUT2D eigenvalue weighted by molar-refractivity contribution is 5.94. The maximum atomic E-state index is 14.0. The second-order valence-corrected chi connectivity index (χ2v) is 8.86. The van der Waals surface area contributed by atoms with Crippen molar-refractivity contribution in [3.8, 4) is 46.1 Å². The minimum atomic E-state index is -0.827. The Morgan fingerprint density at radius 1 is 1.07 bits per heavy atom. The summed E-state index contributed by atoms with van der Waals surface area (Å²) in [4.78, 5) is 16.9. The van der Waals surface area contributed by atoms with Crippen LogP contribution in [0.15, 0.2) is 66.7 Å². The molecular formula is C31H23F2N3O5. The number of aryl methyl sites for hydroxylation is 1. The van der Waals surface area contributed by atoms with Crippen molar-refractivity contribution < 1.29 is 32.5 Å². The number of fused-ring (bicyclic) bond motifs is 1. The topological polar surface area (TPSA) is 103 Å². The molecule has 3 aromatic carbocycles. The van der Waals surface area contributed by atoms with Crippen LogP contribution in [0.3, 0.4) is 0 Å². The van der Waals surface area contributed by atoms with E-state index in [9.17, 15) is 18.8 Å². The highest BCUT2D eigenvalue weighted by atomic mass is 19.1. The Balaban J connectivity index is 1.49. The summed E-state index contributed by atoms with van der Waals surface area (Å²) >= 11 is 0. The number of halogens is 2. The van der Waals surface area contributed by atoms with E-state index in [0.29, 0.717) is 45.4 Å². The zero-order valence-corrected chi connectivity index (χ0v) is 22.0. The van der Waals surface area contributed by atoms with Crippen LogP contribution < -0.4 is 24.3 Å². The van der Waals surface area contributed by atoms with Gasteiger partial charge in [-0.05, 0) is 55.0 Å². The fourth-order valence-corrected chi connectivity index (χ4v) is 4.28. The maximum Gasteiger partial charge on any atom is 0.254 e. The molecule has 1 aliphatic heterocycles. The van der Waals surface area contributed by atoms with Gasteiger partial charge in [-0.1, -0.05) is 24.3 Å². The Labute approximate surface area is 234 Å². The number of hydrogen-bond acceptors (Lipinski definition) is 7. The van der Waals surface area contributed by atoms with Crippen LogP contribution in [0.5, 0.6) is 28.9 Å². The molecule has 10 heteroatoms. The van der Waals surface area contributed by atoms with Gasteiger partial charge in [0.25, 0.3) is 5.91 Å². The molecule has 0 unspecified atom stereocenters. The molecule has 0 saturated carbocycles. The second-order valence-electron chi connectivity index (χ2n) is 8.86. The molecule has 41 heavy (non-hydrogen) atoms. The van der Waals surface area contributed by atoms with Crippen LogP contribution in [-0.2, 0) is 0 Å². The first kappa shape index (κ1) is 27.1. The van der Waals surface area contributed by atoms with E-state index in [1.165, 1.54) is 0 Å². The summed E-state index contributed by atoms with van der Waals surface area (Å²) in [5.74, 6) is -0.0464. The van der Waals surface area contributed by atoms with Crippen molar-refractivity contribution in [3.63, 3.8) is 0 Å². The number of benzene rings is 3. The molecule has 206 valence electrons. The standard InChI is InChI=1S/C31H23F2N3O5/c1-18-23(4-3-13-35-30(37)24-14-20(32)7-11-26(24)33)29(19-5-8-21(38-2)9-6-19)25(16-34)31(36-18)41-22-10-12-27-28(15-22)40-17-39-27/h3-12,14-15H,13,17H2,1-2H3,(H,35,37). The maximum absolute atomic E-state index is 14.0. The zero-order chi connectivity index (χ0) is 28.9. The number of nitrogens with zero attached hydrogens (tertiary/aromatic N) is 2. The summed E-state index contributed by atoms with van der Waals surface area (Å²) in [6.07, 6.45) is 3.33. The molecule has 0 atom stereocenters. The van der Waals surface area contributed by atoms with E-state index in [1.54, 1.807) is 56.5 Å². The van der Waals surface area contributed by atoms with Crippen LogP contribution in [0.2, 0.25) is 0 Å². The normalized spacial score (nSPS) is 11.8. The SMILES string of the molecule is COc1ccc(-c2c(C#N)c(Oc3ccc4c(c3)OCO4)nc(C)c2C=CCNC(=O)c2cc(F)ccc2F)cc1. The lowest BCUT2D eigenvalue weighted by Crippen LogP contribution is -2.24. The van der Waals surface area contributed by atoms with Gasteiger partial charge in [-0.15, -0.1) is 0 Å². The summed E-state index contributed by atoms with van der Waals surface area (Å²) in [6.45, 7) is 1.88. The van der Waals surface area contributed by atoms with Crippen molar-refractivity contribution >= 4 is 12.0 Å². The number of methoxy groups -OCH3 is 1. The van der Waals surface area contributed by atoms with Crippen molar-refractivity contribution in [2.24, 2.45) is 0 Å². The quantitative estimate of drug-likeness (QED) is 0.277. The molecule has 0 aliphatic carbocycles. The molecule has 4 aromatic rings. The van der Waals surface area contributed by atoms with E-state index in [0.717, 1.165) is 18.2 Å². The molecule has 0 radical (unpaired) electrons. The van der Waals surface area contributed by atoms with Crippen LogP contribution in [0.1, 0.15) is 27.2 Å². The number of nitriles is 1. The minimum absolute atomic E-state index is 0.00755. The highest BCUT2D eigenvalue weighted by Crippen LogP contribution is 2.40. The summed E-state index contributed by atoms with van der Waals surface area (Å²) in [6, 6.07) is 17.1. The van der Waals surface area contributed by atoms with Crippen molar-refractivity contribution in [1.82, 2.24) is 10.3 Å². The van der Waals surface area contributed by atoms with Gasteiger partial charge in [-0.2, -0.15) is 5.26 Å². The van der Waals surface area contributed by atoms with Crippen molar-refractivity contribution in [2.75, 3.05) is 20.4 Å². The molecule has 0 saturated heterocycles. The number of carbonyl (C=O) groups is 1. The number of nitrogens with one attached hydrogen (secondary N) is 1. The third kappa shape index (κ3) is 5.79. The Kier molecular flexibility index (Phi) is 7.78. The Morgan fingerprint density at radius 3 is 2.59 bits per heavy atom. The van der Waals surface area contributed by atoms with E-state index < -0.39 is 23.1 Å². The summed E-state index contributed by atoms with van der Waals surface area (Å²) in [5.41, 5.74) is 2.20. The monoisotopic (exact) mass is 555 g/mol. The van der Waals surface area contributed by atoms with Gasteiger partial charge in [0, 0.05) is 29.4 Å². The van der Waals surface area contributed by atoms with Crippen LogP contribution in [0.25, 0.3) is 17.2 Å². The summed E-state index contributed by atoms with van der Waals surface area (Å²) in [5, 5.41) is 12.8. The average molecular weight is 556 g/mol. The van der Waals surface area contributed by atoms with Crippen molar-refractivity contribution in [3.05, 3.63) is 101 Å². The average Bonchev–Trinajstić information content (AvgIpc) is 3.45. The third-order valence-electron chi connectivity index (χ3n) is 6.28. The Bertz CT molecular complexity index is 1700. The second kappa shape index (κ2) is 11.8. The van der Waals surface area contributed by atoms with Gasteiger partial charge in [0.2, 0.25) is 12.7 Å². The lowest BCUT2D eigenvalue weighted by molar-refractivity contribution is 0.0953. The number of rotatable bonds is 8. The van der Waals surface area contributed by atoms with E-state index in [4.69, 9.17) is 18.9 Å². The summed E-state index contributed by atoms with van der Waals surface area (Å²) < 4.78 is 49.6. The molecule has 8 nitrogen and oxygen atoms in total. The first-order chi connectivity index (χ1) is 19.9. The Hall–Kier alpha value is -5.43. The number of hydrogen-bond donors (Lipinski definition) is 1. The van der Waals surface area contributed by atoms with Gasteiger partial charge in [0.15, 0.2) is 11.5 Å². The minimum Gasteiger partial charge on any atom is -0.497 e. The molecule has 2 heterocycles. The lowest BCUT2D eigenvalue weighted by Gasteiger charge is -2.16. The summed E-state index contributed by atoms with van der Waals surface area (Å²) in [7, 11) is 1.56. The predicted molar refractivity (Wildman–Crippen MR) is 146 cm³/mol. The largest absolute Gasteiger partial charge is 0.497 e. The molecule has 1 aromatic heterocycles. The van der Waals surface area contributed by atoms with E-state index in [2.05, 4.69) is 16.4 Å². The predicted octanol–water partition coefficient (Wildman–Crippen LogP) is 6.18. The van der Waals surface area contributed by atoms with Crippen LogP contribution >= 0.6 is 0 Å². The molecule has 0 spiro atoms. The van der Waals surface area contributed by atoms with Gasteiger partial charge in [-0.3, -0.25) is 4.79 Å². The van der Waals surface area contributed by atoms with Crippen LogP contribution in [0, 0.1) is 29.9 Å². The number of amides is 1. The molecule has 0 fully saturated rings. The number of carbonyl (C=O) groups excluding carboxylic acids is 1. The van der Waals surface area contributed by atoms with Gasteiger partial charge in [-0.25, -0.2) is 13.8 Å². The molecule has 1 N–H and O–H groups in total. The fourth-order valence-electron chi connectivity index (χ4n) is 4.28. The van der Waals surface area contributed by atoms with Crippen LogP contribution in [0.4, 0.5) is 8.78 Å². The number of pyridine rings is 1. The smallest absolute Gasteiger partial charge is 0.254 e. The number of ether oxygens (including phenoxy) is 4. The fraction of sp³-hybridized carbons (Fsp3) is 0.129. The Morgan fingerprint density at radius 2 is 1.83 bits per heavy atom. The van der Waals surface area contributed by atoms with Crippen molar-refractivity contribution in [2.45, 2.75) is 6.92 Å². The van der Waals surface area contributed by atoms with E-state index >= 15 is 0 Å². The van der Waals surface area contributed by atoms with E-state index in [-0.39, 0.29) is 24.8 Å². The molecule has 1 amide bonds. The van der Waals surface area contributed by atoms with E-state index in [1.807, 2.05) is 12.1 Å². The molecule has 0 bridgehead atoms. The molecule has 5 rings (SSSR count).